The molecule has 0 heterocycles. The van der Waals surface area contributed by atoms with Gasteiger partial charge in [0.2, 0.25) is 0 Å². The fraction of sp³-hybridized carbons (Fsp3) is 1.00. The van der Waals surface area contributed by atoms with Crippen LogP contribution in [0.5, 0.6) is 0 Å². The summed E-state index contributed by atoms with van der Waals surface area (Å²) in [5.41, 5.74) is 0. The van der Waals surface area contributed by atoms with E-state index in [1.54, 1.807) is 0 Å². The van der Waals surface area contributed by atoms with E-state index in [2.05, 4.69) is 6.92 Å². The molecule has 2 saturated carbocycles. The van der Waals surface area contributed by atoms with E-state index in [1.807, 2.05) is 0 Å². The SMILES string of the molecule is C[C@H]1C(O)C(O)C1C1CCCCC1. The smallest absolute Gasteiger partial charge is 0.0836 e. The fourth-order valence-corrected chi connectivity index (χ4v) is 3.16. The number of hydrogen-bond donors (Lipinski definition) is 2. The van der Waals surface area contributed by atoms with E-state index in [0.717, 1.165) is 0 Å². The number of aliphatic hydroxyl groups excluding tert-OH is 2. The third-order valence-corrected chi connectivity index (χ3v) is 4.08. The third-order valence-electron chi connectivity index (χ3n) is 4.08. The lowest BCUT2D eigenvalue weighted by molar-refractivity contribution is -0.170. The summed E-state index contributed by atoms with van der Waals surface area (Å²) in [7, 11) is 0. The molecular formula is C11H20O2. The highest BCUT2D eigenvalue weighted by molar-refractivity contribution is 4.98. The molecule has 2 fully saturated rings. The largest absolute Gasteiger partial charge is 0.390 e. The van der Waals surface area contributed by atoms with Crippen LogP contribution in [0.15, 0.2) is 0 Å². The minimum absolute atomic E-state index is 0.318. The monoisotopic (exact) mass is 184 g/mol. The Bertz CT molecular complexity index is 165. The second-order valence-electron chi connectivity index (χ2n) is 4.82. The molecule has 2 rings (SSSR count). The van der Waals surface area contributed by atoms with E-state index >= 15 is 0 Å². The van der Waals surface area contributed by atoms with Crippen LogP contribution < -0.4 is 0 Å². The van der Waals surface area contributed by atoms with Crippen molar-refractivity contribution in [2.45, 2.75) is 51.2 Å². The summed E-state index contributed by atoms with van der Waals surface area (Å²) in [6.07, 6.45) is 5.63. The van der Waals surface area contributed by atoms with Gasteiger partial charge in [0.15, 0.2) is 0 Å². The highest BCUT2D eigenvalue weighted by atomic mass is 16.3. The van der Waals surface area contributed by atoms with Crippen molar-refractivity contribution in [2.24, 2.45) is 17.8 Å². The van der Waals surface area contributed by atoms with Crippen LogP contribution in [0.4, 0.5) is 0 Å². The van der Waals surface area contributed by atoms with Crippen molar-refractivity contribution in [1.82, 2.24) is 0 Å². The van der Waals surface area contributed by atoms with Gasteiger partial charge in [0.05, 0.1) is 12.2 Å². The first-order valence-electron chi connectivity index (χ1n) is 5.58. The molecule has 2 nitrogen and oxygen atoms in total. The van der Waals surface area contributed by atoms with Gasteiger partial charge in [0.1, 0.15) is 0 Å². The third kappa shape index (κ3) is 1.50. The van der Waals surface area contributed by atoms with Crippen LogP contribution >= 0.6 is 0 Å². The summed E-state index contributed by atoms with van der Waals surface area (Å²) >= 11 is 0. The van der Waals surface area contributed by atoms with Gasteiger partial charge < -0.3 is 10.2 Å². The van der Waals surface area contributed by atoms with Gasteiger partial charge in [-0.1, -0.05) is 39.0 Å². The predicted octanol–water partition coefficient (Wildman–Crippen LogP) is 1.55. The van der Waals surface area contributed by atoms with Crippen LogP contribution in [0.2, 0.25) is 0 Å². The lowest BCUT2D eigenvalue weighted by Gasteiger charge is -2.49. The summed E-state index contributed by atoms with van der Waals surface area (Å²) in [5.74, 6) is 1.38. The average Bonchev–Trinajstić information content (AvgIpc) is 2.19. The Hall–Kier alpha value is -0.0800. The quantitative estimate of drug-likeness (QED) is 0.649. The lowest BCUT2D eigenvalue weighted by Crippen LogP contribution is -2.57. The van der Waals surface area contributed by atoms with Crippen molar-refractivity contribution in [2.75, 3.05) is 0 Å². The summed E-state index contributed by atoms with van der Waals surface area (Å²) in [4.78, 5) is 0. The standard InChI is InChI=1S/C11H20O2/c1-7-9(11(13)10(7)12)8-5-3-2-4-6-8/h7-13H,2-6H2,1H3/t7-,9?,10?,11?/m1/s1. The topological polar surface area (TPSA) is 40.5 Å². The Morgan fingerprint density at radius 1 is 0.923 bits per heavy atom. The average molecular weight is 184 g/mol. The molecule has 0 aromatic heterocycles. The van der Waals surface area contributed by atoms with E-state index in [9.17, 15) is 10.2 Å². The minimum atomic E-state index is -0.452. The second kappa shape index (κ2) is 3.58. The predicted molar refractivity (Wildman–Crippen MR) is 51.2 cm³/mol. The molecule has 0 aliphatic heterocycles. The molecule has 76 valence electrons. The highest BCUT2D eigenvalue weighted by Gasteiger charge is 2.49. The van der Waals surface area contributed by atoms with Crippen LogP contribution in [-0.4, -0.2) is 22.4 Å². The Morgan fingerprint density at radius 3 is 2.08 bits per heavy atom. The van der Waals surface area contributed by atoms with Crippen LogP contribution in [0, 0.1) is 17.8 Å². The Labute approximate surface area is 80.0 Å². The van der Waals surface area contributed by atoms with Crippen LogP contribution in [0.25, 0.3) is 0 Å². The second-order valence-corrected chi connectivity index (χ2v) is 4.82. The van der Waals surface area contributed by atoms with Gasteiger partial charge in [-0.2, -0.15) is 0 Å². The van der Waals surface area contributed by atoms with Gasteiger partial charge in [-0.3, -0.25) is 0 Å². The van der Waals surface area contributed by atoms with Crippen molar-refractivity contribution < 1.29 is 10.2 Å². The van der Waals surface area contributed by atoms with Gasteiger partial charge in [-0.15, -0.1) is 0 Å². The minimum Gasteiger partial charge on any atom is -0.390 e. The van der Waals surface area contributed by atoms with Crippen LogP contribution in [0.3, 0.4) is 0 Å². The van der Waals surface area contributed by atoms with Crippen molar-refractivity contribution in [1.29, 1.82) is 0 Å². The van der Waals surface area contributed by atoms with E-state index in [-0.39, 0.29) is 0 Å². The first-order valence-corrected chi connectivity index (χ1v) is 5.58. The molecule has 2 N–H and O–H groups in total. The molecule has 0 aromatic rings. The summed E-state index contributed by atoms with van der Waals surface area (Å²) < 4.78 is 0. The number of rotatable bonds is 1. The van der Waals surface area contributed by atoms with Crippen LogP contribution in [0.1, 0.15) is 39.0 Å². The lowest BCUT2D eigenvalue weighted by atomic mass is 9.60. The molecular weight excluding hydrogens is 164 g/mol. The first-order chi connectivity index (χ1) is 6.22. The molecule has 13 heavy (non-hydrogen) atoms. The summed E-state index contributed by atoms with van der Waals surface area (Å²) in [6, 6.07) is 0. The zero-order valence-corrected chi connectivity index (χ0v) is 8.32. The highest BCUT2D eigenvalue weighted by Crippen LogP contribution is 2.45. The number of hydrogen-bond acceptors (Lipinski definition) is 2. The van der Waals surface area contributed by atoms with Gasteiger partial charge >= 0.3 is 0 Å². The normalized spacial score (nSPS) is 47.3. The van der Waals surface area contributed by atoms with E-state index in [4.69, 9.17) is 0 Å². The van der Waals surface area contributed by atoms with Crippen LogP contribution in [-0.2, 0) is 0 Å². The van der Waals surface area contributed by atoms with Gasteiger partial charge in [0, 0.05) is 0 Å². The zero-order valence-electron chi connectivity index (χ0n) is 8.32. The molecule has 0 amide bonds. The Kier molecular flexibility index (Phi) is 2.61. The van der Waals surface area contributed by atoms with Gasteiger partial charge in [-0.25, -0.2) is 0 Å². The van der Waals surface area contributed by atoms with Crippen molar-refractivity contribution >= 4 is 0 Å². The van der Waals surface area contributed by atoms with Crippen molar-refractivity contribution in [3.05, 3.63) is 0 Å². The fourth-order valence-electron chi connectivity index (χ4n) is 3.16. The first kappa shape index (κ1) is 9.47. The molecule has 4 atom stereocenters. The maximum atomic E-state index is 9.65. The molecule has 0 radical (unpaired) electrons. The number of aliphatic hydroxyl groups is 2. The van der Waals surface area contributed by atoms with E-state index in [1.165, 1.54) is 32.1 Å². The Morgan fingerprint density at radius 2 is 1.54 bits per heavy atom. The van der Waals surface area contributed by atoms with Crippen molar-refractivity contribution in [3.8, 4) is 0 Å². The maximum Gasteiger partial charge on any atom is 0.0836 e. The molecule has 2 aliphatic carbocycles. The Balaban J connectivity index is 1.92. The van der Waals surface area contributed by atoms with Gasteiger partial charge in [-0.05, 0) is 17.8 Å². The molecule has 3 unspecified atom stereocenters. The zero-order chi connectivity index (χ0) is 9.42. The molecule has 0 aromatic carbocycles. The molecule has 2 heteroatoms. The molecule has 0 spiro atoms. The molecule has 0 saturated heterocycles. The summed E-state index contributed by atoms with van der Waals surface area (Å²) in [6.45, 7) is 2.07. The van der Waals surface area contributed by atoms with Crippen molar-refractivity contribution in [3.63, 3.8) is 0 Å². The van der Waals surface area contributed by atoms with Gasteiger partial charge in [0.25, 0.3) is 0 Å². The van der Waals surface area contributed by atoms with E-state index in [0.29, 0.717) is 17.8 Å². The molecule has 2 aliphatic rings. The molecule has 0 bridgehead atoms. The summed E-state index contributed by atoms with van der Waals surface area (Å²) in [5, 5.41) is 19.1. The maximum absolute atomic E-state index is 9.65. The van der Waals surface area contributed by atoms with E-state index < -0.39 is 12.2 Å².